The average Bonchev–Trinajstić information content (AvgIpc) is 2.62. The first-order valence-electron chi connectivity index (χ1n) is 9.10. The van der Waals surface area contributed by atoms with Crippen LogP contribution >= 0.6 is 11.6 Å². The van der Waals surface area contributed by atoms with Gasteiger partial charge in [0.1, 0.15) is 5.56 Å². The lowest BCUT2D eigenvalue weighted by Crippen LogP contribution is -2.21. The molecule has 2 aromatic rings. The zero-order chi connectivity index (χ0) is 21.1. The Morgan fingerprint density at radius 1 is 1.11 bits per heavy atom. The molecule has 1 N–H and O–H groups in total. The first kappa shape index (κ1) is 21.8. The highest BCUT2D eigenvalue weighted by Gasteiger charge is 2.29. The molecule has 0 bridgehead atoms. The predicted molar refractivity (Wildman–Crippen MR) is 112 cm³/mol. The van der Waals surface area contributed by atoms with Crippen molar-refractivity contribution in [1.82, 2.24) is 0 Å². The molecule has 150 valence electrons. The van der Waals surface area contributed by atoms with E-state index in [1.165, 1.54) is 0 Å². The molecule has 0 saturated carbocycles. The van der Waals surface area contributed by atoms with Crippen molar-refractivity contribution in [3.05, 3.63) is 57.6 Å². The molecule has 0 fully saturated rings. The van der Waals surface area contributed by atoms with Crippen LogP contribution in [0.4, 0.5) is 5.69 Å². The van der Waals surface area contributed by atoms with Crippen molar-refractivity contribution in [2.45, 2.75) is 40.0 Å². The summed E-state index contributed by atoms with van der Waals surface area (Å²) >= 11 is 5.88. The van der Waals surface area contributed by atoms with Gasteiger partial charge in [-0.05, 0) is 60.7 Å². The maximum Gasteiger partial charge on any atom is 0.344 e. The van der Waals surface area contributed by atoms with E-state index in [0.29, 0.717) is 21.8 Å². The Morgan fingerprint density at radius 2 is 1.71 bits per heavy atom. The Balaban J connectivity index is 2.63. The molecule has 0 atom stereocenters. The fraction of sp³-hybridized carbons (Fsp3) is 0.364. The number of benzene rings is 2. The molecule has 0 aliphatic heterocycles. The van der Waals surface area contributed by atoms with Crippen molar-refractivity contribution in [3.63, 3.8) is 0 Å². The van der Waals surface area contributed by atoms with Crippen LogP contribution in [0.15, 0.2) is 30.3 Å². The van der Waals surface area contributed by atoms with Crippen LogP contribution in [-0.2, 0) is 10.2 Å². The SMILES string of the molecule is CCOC(=O)c1c(NC)c(C(C)(C)C)cc(C)c1OC(=O)c1ccc(Cl)cc1. The molecule has 2 aromatic carbocycles. The minimum absolute atomic E-state index is 0.191. The van der Waals surface area contributed by atoms with Gasteiger partial charge in [0.25, 0.3) is 0 Å². The number of aryl methyl sites for hydroxylation is 1. The Labute approximate surface area is 171 Å². The number of nitrogens with one attached hydrogen (secondary N) is 1. The van der Waals surface area contributed by atoms with Crippen molar-refractivity contribution in [2.75, 3.05) is 19.0 Å². The van der Waals surface area contributed by atoms with E-state index in [-0.39, 0.29) is 23.3 Å². The van der Waals surface area contributed by atoms with Gasteiger partial charge >= 0.3 is 11.9 Å². The number of halogens is 1. The third kappa shape index (κ3) is 4.65. The zero-order valence-corrected chi connectivity index (χ0v) is 17.9. The predicted octanol–water partition coefficient (Wildman–Crippen LogP) is 5.38. The Morgan fingerprint density at radius 3 is 2.21 bits per heavy atom. The van der Waals surface area contributed by atoms with Gasteiger partial charge in [0, 0.05) is 12.1 Å². The third-order valence-corrected chi connectivity index (χ3v) is 4.53. The van der Waals surface area contributed by atoms with Gasteiger partial charge in [-0.2, -0.15) is 0 Å². The molecule has 2 rings (SSSR count). The number of rotatable bonds is 5. The summed E-state index contributed by atoms with van der Waals surface area (Å²) in [6, 6.07) is 8.30. The molecule has 0 aromatic heterocycles. The number of ether oxygens (including phenoxy) is 2. The molecule has 0 aliphatic rings. The first-order chi connectivity index (χ1) is 13.1. The van der Waals surface area contributed by atoms with Gasteiger partial charge in [-0.15, -0.1) is 0 Å². The lowest BCUT2D eigenvalue weighted by Gasteiger charge is -2.27. The number of hydrogen-bond donors (Lipinski definition) is 1. The van der Waals surface area contributed by atoms with Crippen LogP contribution < -0.4 is 10.1 Å². The highest BCUT2D eigenvalue weighted by Crippen LogP contribution is 2.40. The molecule has 28 heavy (non-hydrogen) atoms. The molecule has 6 heteroatoms. The van der Waals surface area contributed by atoms with E-state index in [0.717, 1.165) is 5.56 Å². The van der Waals surface area contributed by atoms with Crippen molar-refractivity contribution < 1.29 is 19.1 Å². The Kier molecular flexibility index (Phi) is 6.73. The van der Waals surface area contributed by atoms with Gasteiger partial charge in [-0.1, -0.05) is 32.4 Å². The summed E-state index contributed by atoms with van der Waals surface area (Å²) in [6.45, 7) is 9.91. The lowest BCUT2D eigenvalue weighted by molar-refractivity contribution is 0.0521. The van der Waals surface area contributed by atoms with Gasteiger partial charge in [-0.25, -0.2) is 9.59 Å². The van der Waals surface area contributed by atoms with Gasteiger partial charge in [0.2, 0.25) is 0 Å². The summed E-state index contributed by atoms with van der Waals surface area (Å²) in [6.07, 6.45) is 0. The average molecular weight is 404 g/mol. The van der Waals surface area contributed by atoms with Gasteiger partial charge < -0.3 is 14.8 Å². The monoisotopic (exact) mass is 403 g/mol. The molecule has 0 aliphatic carbocycles. The molecular formula is C22H26ClNO4. The van der Waals surface area contributed by atoms with E-state index in [9.17, 15) is 9.59 Å². The topological polar surface area (TPSA) is 64.6 Å². The normalized spacial score (nSPS) is 11.1. The van der Waals surface area contributed by atoms with E-state index in [4.69, 9.17) is 21.1 Å². The molecular weight excluding hydrogens is 378 g/mol. The maximum absolute atomic E-state index is 12.8. The molecule has 0 spiro atoms. The van der Waals surface area contributed by atoms with Crippen LogP contribution in [0.3, 0.4) is 0 Å². The standard InChI is InChI=1S/C22H26ClNO4/c1-7-27-21(26)17-18(24-6)16(22(3,4)5)12-13(2)19(17)28-20(25)14-8-10-15(23)11-9-14/h8-12,24H,7H2,1-6H3. The van der Waals surface area contributed by atoms with E-state index in [1.54, 1.807) is 38.2 Å². The second-order valence-electron chi connectivity index (χ2n) is 7.44. The number of hydrogen-bond acceptors (Lipinski definition) is 5. The molecule has 5 nitrogen and oxygen atoms in total. The number of carbonyl (C=O) groups is 2. The van der Waals surface area contributed by atoms with E-state index >= 15 is 0 Å². The summed E-state index contributed by atoms with van der Waals surface area (Å²) in [5.41, 5.74) is 2.52. The summed E-state index contributed by atoms with van der Waals surface area (Å²) in [4.78, 5) is 25.4. The number of carbonyl (C=O) groups excluding carboxylic acids is 2. The van der Waals surface area contributed by atoms with E-state index in [1.807, 2.05) is 13.0 Å². The largest absolute Gasteiger partial charge is 0.462 e. The van der Waals surface area contributed by atoms with Crippen LogP contribution in [0.5, 0.6) is 5.75 Å². The van der Waals surface area contributed by atoms with Crippen molar-refractivity contribution in [3.8, 4) is 5.75 Å². The van der Waals surface area contributed by atoms with Crippen LogP contribution in [0.2, 0.25) is 5.02 Å². The molecule has 0 saturated heterocycles. The van der Waals surface area contributed by atoms with Crippen LogP contribution in [0.25, 0.3) is 0 Å². The summed E-state index contributed by atoms with van der Waals surface area (Å²) in [5, 5.41) is 3.61. The second kappa shape index (κ2) is 8.65. The maximum atomic E-state index is 12.8. The summed E-state index contributed by atoms with van der Waals surface area (Å²) < 4.78 is 10.9. The van der Waals surface area contributed by atoms with Crippen molar-refractivity contribution in [1.29, 1.82) is 0 Å². The third-order valence-electron chi connectivity index (χ3n) is 4.28. The minimum Gasteiger partial charge on any atom is -0.462 e. The zero-order valence-electron chi connectivity index (χ0n) is 17.1. The van der Waals surface area contributed by atoms with Crippen LogP contribution in [0.1, 0.15) is 59.5 Å². The van der Waals surface area contributed by atoms with E-state index < -0.39 is 11.9 Å². The fourth-order valence-electron chi connectivity index (χ4n) is 2.92. The smallest absolute Gasteiger partial charge is 0.344 e. The summed E-state index contributed by atoms with van der Waals surface area (Å²) in [7, 11) is 1.73. The molecule has 0 radical (unpaired) electrons. The van der Waals surface area contributed by atoms with Crippen molar-refractivity contribution >= 4 is 29.2 Å². The lowest BCUT2D eigenvalue weighted by atomic mass is 9.83. The Hall–Kier alpha value is -2.53. The molecule has 0 unspecified atom stereocenters. The van der Waals surface area contributed by atoms with Crippen LogP contribution in [0, 0.1) is 6.92 Å². The second-order valence-corrected chi connectivity index (χ2v) is 7.87. The summed E-state index contributed by atoms with van der Waals surface area (Å²) in [5.74, 6) is -0.924. The highest BCUT2D eigenvalue weighted by atomic mass is 35.5. The van der Waals surface area contributed by atoms with Gasteiger partial charge in [0.15, 0.2) is 5.75 Å². The number of anilines is 1. The number of esters is 2. The van der Waals surface area contributed by atoms with Crippen LogP contribution in [-0.4, -0.2) is 25.6 Å². The fourth-order valence-corrected chi connectivity index (χ4v) is 3.04. The Bertz CT molecular complexity index is 883. The molecule has 0 heterocycles. The van der Waals surface area contributed by atoms with E-state index in [2.05, 4.69) is 26.1 Å². The van der Waals surface area contributed by atoms with Gasteiger partial charge in [-0.3, -0.25) is 0 Å². The quantitative estimate of drug-likeness (QED) is 0.536. The van der Waals surface area contributed by atoms with Gasteiger partial charge in [0.05, 0.1) is 17.9 Å². The van der Waals surface area contributed by atoms with Crippen molar-refractivity contribution in [2.24, 2.45) is 0 Å². The highest BCUT2D eigenvalue weighted by molar-refractivity contribution is 6.30. The first-order valence-corrected chi connectivity index (χ1v) is 9.48. The molecule has 0 amide bonds. The minimum atomic E-state index is -0.573.